The van der Waals surface area contributed by atoms with Gasteiger partial charge in [-0.05, 0) is 50.7 Å². The van der Waals surface area contributed by atoms with Crippen molar-refractivity contribution in [2.24, 2.45) is 5.92 Å². The van der Waals surface area contributed by atoms with Gasteiger partial charge in [0.05, 0.1) is 22.1 Å². The largest absolute Gasteiger partial charge is 0.350 e. The Hall–Kier alpha value is -2.26. The van der Waals surface area contributed by atoms with Gasteiger partial charge in [-0.25, -0.2) is 9.78 Å². The van der Waals surface area contributed by atoms with Crippen LogP contribution in [0.25, 0.3) is 10.6 Å². The summed E-state index contributed by atoms with van der Waals surface area (Å²) in [6.07, 6.45) is 3.10. The van der Waals surface area contributed by atoms with Crippen molar-refractivity contribution in [3.63, 3.8) is 0 Å². The van der Waals surface area contributed by atoms with Gasteiger partial charge < -0.3 is 10.6 Å². The Kier molecular flexibility index (Phi) is 5.44. The Bertz CT molecular complexity index is 943. The number of urea groups is 1. The lowest BCUT2D eigenvalue weighted by molar-refractivity contribution is -0.136. The number of nitrogens with one attached hydrogen (secondary N) is 2. The first-order valence-electron chi connectivity index (χ1n) is 9.78. The Balaban J connectivity index is 1.32. The summed E-state index contributed by atoms with van der Waals surface area (Å²) in [5.74, 6) is -0.0393. The van der Waals surface area contributed by atoms with E-state index < -0.39 is 11.6 Å². The molecule has 1 aliphatic carbocycles. The maximum atomic E-state index is 12.8. The van der Waals surface area contributed by atoms with Crippen molar-refractivity contribution in [2.75, 3.05) is 6.54 Å². The third-order valence-electron chi connectivity index (χ3n) is 5.67. The summed E-state index contributed by atoms with van der Waals surface area (Å²) >= 11 is 3.18. The molecule has 29 heavy (non-hydrogen) atoms. The summed E-state index contributed by atoms with van der Waals surface area (Å²) in [5.41, 5.74) is 0.138. The topological polar surface area (TPSA) is 91.4 Å². The van der Waals surface area contributed by atoms with Crippen LogP contribution in [-0.2, 0) is 16.1 Å². The molecule has 154 valence electrons. The lowest BCUT2D eigenvalue weighted by Gasteiger charge is -2.33. The van der Waals surface area contributed by atoms with Crippen LogP contribution >= 0.6 is 22.7 Å². The van der Waals surface area contributed by atoms with Crippen LogP contribution in [0.3, 0.4) is 0 Å². The molecule has 0 bridgehead atoms. The van der Waals surface area contributed by atoms with Gasteiger partial charge in [0.15, 0.2) is 0 Å². The van der Waals surface area contributed by atoms with Gasteiger partial charge in [0.1, 0.15) is 12.1 Å². The zero-order valence-electron chi connectivity index (χ0n) is 16.5. The van der Waals surface area contributed by atoms with Gasteiger partial charge >= 0.3 is 6.03 Å². The third-order valence-corrected chi connectivity index (χ3v) is 7.55. The Morgan fingerprint density at radius 2 is 2.10 bits per heavy atom. The van der Waals surface area contributed by atoms with Gasteiger partial charge in [0.25, 0.3) is 5.91 Å². The molecule has 9 heteroatoms. The van der Waals surface area contributed by atoms with Crippen molar-refractivity contribution in [1.29, 1.82) is 0 Å². The van der Waals surface area contributed by atoms with E-state index in [9.17, 15) is 14.4 Å². The average molecular weight is 433 g/mol. The molecule has 1 spiro atoms. The monoisotopic (exact) mass is 432 g/mol. The van der Waals surface area contributed by atoms with Crippen LogP contribution in [0.5, 0.6) is 0 Å². The minimum atomic E-state index is -0.807. The van der Waals surface area contributed by atoms with E-state index >= 15 is 0 Å². The number of hydrogen-bond donors (Lipinski definition) is 2. The van der Waals surface area contributed by atoms with E-state index in [1.807, 2.05) is 24.4 Å². The molecule has 4 amide bonds. The van der Waals surface area contributed by atoms with Crippen molar-refractivity contribution >= 4 is 40.5 Å². The molecule has 1 saturated heterocycles. The van der Waals surface area contributed by atoms with Crippen molar-refractivity contribution in [2.45, 2.75) is 51.6 Å². The summed E-state index contributed by atoms with van der Waals surface area (Å²) in [6, 6.07) is 3.49. The molecule has 2 aliphatic rings. The number of carbonyl (C=O) groups is 3. The zero-order chi connectivity index (χ0) is 20.6. The second-order valence-corrected chi connectivity index (χ2v) is 10.1. The standard InChI is InChI=1S/C20H24N4O3S2/c1-12-5-7-20(8-6-12)18(26)24(19(27)23-20)10-17(25)21-9-14-3-4-16(29-14)15-11-28-13(2)22-15/h3-4,11-12H,5-10H2,1-2H3,(H,21,25)(H,23,27). The summed E-state index contributed by atoms with van der Waals surface area (Å²) in [6.45, 7) is 4.24. The molecule has 0 atom stereocenters. The Morgan fingerprint density at radius 3 is 2.79 bits per heavy atom. The number of amides is 4. The molecule has 2 N–H and O–H groups in total. The second kappa shape index (κ2) is 7.87. The molecule has 4 rings (SSSR count). The zero-order valence-corrected chi connectivity index (χ0v) is 18.1. The third kappa shape index (κ3) is 4.06. The van der Waals surface area contributed by atoms with Gasteiger partial charge in [-0.2, -0.15) is 0 Å². The summed E-state index contributed by atoms with van der Waals surface area (Å²) in [5, 5.41) is 8.69. The van der Waals surface area contributed by atoms with E-state index in [4.69, 9.17) is 0 Å². The number of aryl methyl sites for hydroxylation is 1. The summed E-state index contributed by atoms with van der Waals surface area (Å²) in [4.78, 5) is 45.1. The van der Waals surface area contributed by atoms with Crippen LogP contribution in [0.1, 0.15) is 42.5 Å². The van der Waals surface area contributed by atoms with E-state index in [1.165, 1.54) is 0 Å². The summed E-state index contributed by atoms with van der Waals surface area (Å²) in [7, 11) is 0. The first-order chi connectivity index (χ1) is 13.9. The van der Waals surface area contributed by atoms with Crippen LogP contribution in [0.2, 0.25) is 0 Å². The highest BCUT2D eigenvalue weighted by atomic mass is 32.1. The fraction of sp³-hybridized carbons (Fsp3) is 0.500. The van der Waals surface area contributed by atoms with Crippen molar-refractivity contribution in [1.82, 2.24) is 20.5 Å². The van der Waals surface area contributed by atoms with E-state index in [1.54, 1.807) is 22.7 Å². The summed E-state index contributed by atoms with van der Waals surface area (Å²) < 4.78 is 0. The van der Waals surface area contributed by atoms with E-state index in [0.717, 1.165) is 38.2 Å². The second-order valence-electron chi connectivity index (χ2n) is 7.88. The molecule has 1 aliphatic heterocycles. The average Bonchev–Trinajstić information content (AvgIpc) is 3.39. The highest BCUT2D eigenvalue weighted by Crippen LogP contribution is 2.36. The minimum absolute atomic E-state index is 0.245. The molecule has 0 radical (unpaired) electrons. The maximum Gasteiger partial charge on any atom is 0.325 e. The van der Waals surface area contributed by atoms with Crippen molar-refractivity contribution in [3.05, 3.63) is 27.4 Å². The highest BCUT2D eigenvalue weighted by molar-refractivity contribution is 7.16. The van der Waals surface area contributed by atoms with Gasteiger partial charge in [-0.15, -0.1) is 22.7 Å². The van der Waals surface area contributed by atoms with Crippen molar-refractivity contribution < 1.29 is 14.4 Å². The number of carbonyl (C=O) groups excluding carboxylic acids is 3. The number of nitrogens with zero attached hydrogens (tertiary/aromatic N) is 2. The molecule has 2 aromatic heterocycles. The van der Waals surface area contributed by atoms with Crippen LogP contribution < -0.4 is 10.6 Å². The number of imide groups is 1. The lowest BCUT2D eigenvalue weighted by atomic mass is 9.77. The lowest BCUT2D eigenvalue weighted by Crippen LogP contribution is -2.49. The van der Waals surface area contributed by atoms with Crippen LogP contribution in [0.15, 0.2) is 17.5 Å². The van der Waals surface area contributed by atoms with Crippen LogP contribution in [0.4, 0.5) is 4.79 Å². The Labute approximate surface area is 177 Å². The molecule has 2 fully saturated rings. The molecule has 1 saturated carbocycles. The molecule has 7 nitrogen and oxygen atoms in total. The maximum absolute atomic E-state index is 12.8. The van der Waals surface area contributed by atoms with Gasteiger partial charge in [0.2, 0.25) is 5.91 Å². The predicted octanol–water partition coefficient (Wildman–Crippen LogP) is 3.30. The number of thiazole rings is 1. The van der Waals surface area contributed by atoms with Gasteiger partial charge in [-0.3, -0.25) is 14.5 Å². The number of hydrogen-bond acceptors (Lipinski definition) is 6. The predicted molar refractivity (Wildman–Crippen MR) is 113 cm³/mol. The fourth-order valence-corrected chi connectivity index (χ4v) is 5.48. The number of aromatic nitrogens is 1. The van der Waals surface area contributed by atoms with E-state index in [2.05, 4.69) is 22.5 Å². The molecular weight excluding hydrogens is 408 g/mol. The molecule has 2 aromatic rings. The quantitative estimate of drug-likeness (QED) is 0.709. The van der Waals surface area contributed by atoms with Gasteiger partial charge in [0, 0.05) is 10.3 Å². The number of rotatable bonds is 5. The molecule has 0 unspecified atom stereocenters. The van der Waals surface area contributed by atoms with Crippen molar-refractivity contribution in [3.8, 4) is 10.6 Å². The fourth-order valence-electron chi connectivity index (χ4n) is 3.89. The van der Waals surface area contributed by atoms with Crippen LogP contribution in [-0.4, -0.2) is 39.8 Å². The molecule has 3 heterocycles. The van der Waals surface area contributed by atoms with E-state index in [0.29, 0.717) is 25.3 Å². The highest BCUT2D eigenvalue weighted by Gasteiger charge is 2.52. The Morgan fingerprint density at radius 1 is 1.34 bits per heavy atom. The van der Waals surface area contributed by atoms with Gasteiger partial charge in [-0.1, -0.05) is 6.92 Å². The first kappa shape index (κ1) is 20.0. The van der Waals surface area contributed by atoms with Crippen LogP contribution in [0, 0.1) is 12.8 Å². The smallest absolute Gasteiger partial charge is 0.325 e. The molecule has 0 aromatic carbocycles. The normalized spacial score (nSPS) is 24.2. The number of thiophene rings is 1. The first-order valence-corrected chi connectivity index (χ1v) is 11.5. The van der Waals surface area contributed by atoms with E-state index in [-0.39, 0.29) is 18.4 Å². The molecular formula is C20H24N4O3S2. The SMILES string of the molecule is Cc1nc(-c2ccc(CNC(=O)CN3C(=O)NC4(CCC(C)CC4)C3=O)s2)cs1. The minimum Gasteiger partial charge on any atom is -0.350 e.